The number of benzene rings is 2. The molecule has 1 N–H and O–H groups in total. The van der Waals surface area contributed by atoms with Gasteiger partial charge in [0.25, 0.3) is 5.56 Å². The standard InChI is InChI=1S/C20H14Cl2N4O2S/c1-26-17(12-4-8-14(22)9-5-12)23-16-18(26)24-20(25-19(16)28)29-10-15(27)11-2-6-13(21)7-3-11/h2-9H,10H2,1H3,(H,24,25,28). The van der Waals surface area contributed by atoms with Crippen LogP contribution < -0.4 is 5.56 Å². The number of imidazole rings is 1. The van der Waals surface area contributed by atoms with Gasteiger partial charge in [0.1, 0.15) is 5.82 Å². The Kier molecular flexibility index (Phi) is 5.45. The highest BCUT2D eigenvalue weighted by Gasteiger charge is 2.16. The number of aromatic nitrogens is 4. The number of hydrogen-bond acceptors (Lipinski definition) is 5. The van der Waals surface area contributed by atoms with Gasteiger partial charge in [-0.15, -0.1) is 0 Å². The maximum Gasteiger partial charge on any atom is 0.279 e. The molecule has 0 radical (unpaired) electrons. The van der Waals surface area contributed by atoms with E-state index in [0.717, 1.165) is 17.3 Å². The highest BCUT2D eigenvalue weighted by molar-refractivity contribution is 7.99. The van der Waals surface area contributed by atoms with Crippen molar-refractivity contribution in [2.75, 3.05) is 5.75 Å². The van der Waals surface area contributed by atoms with Gasteiger partial charge in [-0.2, -0.15) is 0 Å². The number of carbonyl (C=O) groups is 1. The highest BCUT2D eigenvalue weighted by Crippen LogP contribution is 2.24. The number of aromatic amines is 1. The van der Waals surface area contributed by atoms with Crippen LogP contribution in [0.25, 0.3) is 22.6 Å². The van der Waals surface area contributed by atoms with Crippen LogP contribution in [0.3, 0.4) is 0 Å². The number of nitrogens with zero attached hydrogens (tertiary/aromatic N) is 3. The lowest BCUT2D eigenvalue weighted by atomic mass is 10.1. The fourth-order valence-corrected chi connectivity index (χ4v) is 3.83. The molecule has 0 saturated heterocycles. The van der Waals surface area contributed by atoms with E-state index in [9.17, 15) is 9.59 Å². The molecular formula is C20H14Cl2N4O2S. The summed E-state index contributed by atoms with van der Waals surface area (Å²) in [5.41, 5.74) is 1.70. The molecule has 4 aromatic rings. The molecule has 0 aliphatic heterocycles. The molecule has 0 unspecified atom stereocenters. The van der Waals surface area contributed by atoms with E-state index in [2.05, 4.69) is 15.0 Å². The Labute approximate surface area is 179 Å². The summed E-state index contributed by atoms with van der Waals surface area (Å²) in [6, 6.07) is 13.9. The van der Waals surface area contributed by atoms with Gasteiger partial charge in [-0.1, -0.05) is 35.0 Å². The SMILES string of the molecule is Cn1c(-c2ccc(Cl)cc2)nc2c(=O)[nH]c(SCC(=O)c3ccc(Cl)cc3)nc21. The lowest BCUT2D eigenvalue weighted by Gasteiger charge is -2.03. The Balaban J connectivity index is 1.62. The zero-order chi connectivity index (χ0) is 20.5. The fourth-order valence-electron chi connectivity index (χ4n) is 2.83. The Morgan fingerprint density at radius 1 is 1.03 bits per heavy atom. The molecule has 4 rings (SSSR count). The average Bonchev–Trinajstić information content (AvgIpc) is 3.04. The van der Waals surface area contributed by atoms with Crippen molar-refractivity contribution in [2.45, 2.75) is 5.16 Å². The number of fused-ring (bicyclic) bond motifs is 1. The predicted molar refractivity (Wildman–Crippen MR) is 116 cm³/mol. The van der Waals surface area contributed by atoms with E-state index in [1.165, 1.54) is 0 Å². The third kappa shape index (κ3) is 4.07. The van der Waals surface area contributed by atoms with Gasteiger partial charge in [0, 0.05) is 28.2 Å². The number of nitrogens with one attached hydrogen (secondary N) is 1. The predicted octanol–water partition coefficient (Wildman–Crippen LogP) is 4.61. The zero-order valence-corrected chi connectivity index (χ0v) is 17.5. The summed E-state index contributed by atoms with van der Waals surface area (Å²) < 4.78 is 1.75. The molecule has 0 atom stereocenters. The van der Waals surface area contributed by atoms with Gasteiger partial charge in [0.2, 0.25) is 0 Å². The van der Waals surface area contributed by atoms with Crippen molar-refractivity contribution in [1.29, 1.82) is 0 Å². The number of ketones is 1. The van der Waals surface area contributed by atoms with Crippen molar-refractivity contribution in [3.8, 4) is 11.4 Å². The minimum atomic E-state index is -0.354. The van der Waals surface area contributed by atoms with E-state index in [1.54, 1.807) is 48.0 Å². The normalized spacial score (nSPS) is 11.1. The van der Waals surface area contributed by atoms with E-state index in [0.29, 0.717) is 32.2 Å². The Hall–Kier alpha value is -2.61. The first-order valence-electron chi connectivity index (χ1n) is 8.56. The molecule has 29 heavy (non-hydrogen) atoms. The van der Waals surface area contributed by atoms with Crippen LogP contribution in [0.1, 0.15) is 10.4 Å². The van der Waals surface area contributed by atoms with E-state index in [4.69, 9.17) is 23.2 Å². The third-order valence-electron chi connectivity index (χ3n) is 4.32. The first-order valence-corrected chi connectivity index (χ1v) is 10.3. The molecule has 0 fully saturated rings. The molecule has 2 heterocycles. The first-order chi connectivity index (χ1) is 13.9. The maximum absolute atomic E-state index is 12.5. The zero-order valence-electron chi connectivity index (χ0n) is 15.1. The summed E-state index contributed by atoms with van der Waals surface area (Å²) in [6.45, 7) is 0. The van der Waals surface area contributed by atoms with Crippen molar-refractivity contribution < 1.29 is 4.79 Å². The Morgan fingerprint density at radius 3 is 2.31 bits per heavy atom. The minimum absolute atomic E-state index is 0.0822. The van der Waals surface area contributed by atoms with Crippen LogP contribution in [0.4, 0.5) is 0 Å². The van der Waals surface area contributed by atoms with Crippen LogP contribution in [0.15, 0.2) is 58.5 Å². The molecule has 0 amide bonds. The number of halogens is 2. The van der Waals surface area contributed by atoms with Crippen LogP contribution in [0.5, 0.6) is 0 Å². The summed E-state index contributed by atoms with van der Waals surface area (Å²) >= 11 is 13.0. The van der Waals surface area contributed by atoms with Gasteiger partial charge in [-0.25, -0.2) is 9.97 Å². The molecule has 0 aliphatic carbocycles. The second-order valence-corrected chi connectivity index (χ2v) is 8.10. The molecule has 146 valence electrons. The summed E-state index contributed by atoms with van der Waals surface area (Å²) in [6.07, 6.45) is 0. The number of hydrogen-bond donors (Lipinski definition) is 1. The lowest BCUT2D eigenvalue weighted by Crippen LogP contribution is -2.11. The van der Waals surface area contributed by atoms with Crippen LogP contribution >= 0.6 is 35.0 Å². The number of thioether (sulfide) groups is 1. The molecule has 0 bridgehead atoms. The quantitative estimate of drug-likeness (QED) is 0.276. The Morgan fingerprint density at radius 2 is 1.66 bits per heavy atom. The highest BCUT2D eigenvalue weighted by atomic mass is 35.5. The molecule has 0 spiro atoms. The number of carbonyl (C=O) groups excluding carboxylic acids is 1. The van der Waals surface area contributed by atoms with E-state index in [1.807, 2.05) is 12.1 Å². The van der Waals surface area contributed by atoms with Gasteiger partial charge >= 0.3 is 0 Å². The van der Waals surface area contributed by atoms with Crippen molar-refractivity contribution in [2.24, 2.45) is 7.05 Å². The second kappa shape index (κ2) is 8.02. The van der Waals surface area contributed by atoms with Gasteiger partial charge < -0.3 is 4.57 Å². The van der Waals surface area contributed by atoms with Crippen molar-refractivity contribution in [1.82, 2.24) is 19.5 Å². The maximum atomic E-state index is 12.5. The molecule has 6 nitrogen and oxygen atoms in total. The molecule has 9 heteroatoms. The summed E-state index contributed by atoms with van der Waals surface area (Å²) in [5, 5.41) is 1.54. The summed E-state index contributed by atoms with van der Waals surface area (Å²) in [4.78, 5) is 36.5. The van der Waals surface area contributed by atoms with Gasteiger partial charge in [0.05, 0.1) is 5.75 Å². The molecule has 0 saturated carbocycles. The largest absolute Gasteiger partial charge is 0.312 e. The third-order valence-corrected chi connectivity index (χ3v) is 5.69. The number of aryl methyl sites for hydroxylation is 1. The van der Waals surface area contributed by atoms with Crippen molar-refractivity contribution >= 4 is 51.9 Å². The minimum Gasteiger partial charge on any atom is -0.312 e. The summed E-state index contributed by atoms with van der Waals surface area (Å²) in [5.74, 6) is 0.660. The van der Waals surface area contributed by atoms with Gasteiger partial charge in [-0.05, 0) is 48.5 Å². The van der Waals surface area contributed by atoms with Crippen molar-refractivity contribution in [3.63, 3.8) is 0 Å². The summed E-state index contributed by atoms with van der Waals surface area (Å²) in [7, 11) is 1.79. The lowest BCUT2D eigenvalue weighted by molar-refractivity contribution is 0.102. The molecule has 0 aliphatic rings. The first kappa shape index (κ1) is 19.7. The fraction of sp³-hybridized carbons (Fsp3) is 0.100. The van der Waals surface area contributed by atoms with Gasteiger partial charge in [0.15, 0.2) is 22.1 Å². The van der Waals surface area contributed by atoms with Crippen LogP contribution in [0, 0.1) is 0 Å². The van der Waals surface area contributed by atoms with E-state index < -0.39 is 0 Å². The number of H-pyrrole nitrogens is 1. The molecule has 2 aromatic carbocycles. The number of rotatable bonds is 5. The van der Waals surface area contributed by atoms with Crippen LogP contribution in [-0.4, -0.2) is 31.1 Å². The number of Topliss-reactive ketones (excluding diaryl/α,β-unsaturated/α-hetero) is 1. The average molecular weight is 445 g/mol. The molecule has 2 aromatic heterocycles. The smallest absolute Gasteiger partial charge is 0.279 e. The van der Waals surface area contributed by atoms with E-state index in [-0.39, 0.29) is 22.6 Å². The topological polar surface area (TPSA) is 80.6 Å². The van der Waals surface area contributed by atoms with E-state index >= 15 is 0 Å². The monoisotopic (exact) mass is 444 g/mol. The van der Waals surface area contributed by atoms with Crippen LogP contribution in [0.2, 0.25) is 10.0 Å². The van der Waals surface area contributed by atoms with Crippen LogP contribution in [-0.2, 0) is 7.05 Å². The van der Waals surface area contributed by atoms with Crippen molar-refractivity contribution in [3.05, 3.63) is 74.5 Å². The molecular weight excluding hydrogens is 431 g/mol. The van der Waals surface area contributed by atoms with Gasteiger partial charge in [-0.3, -0.25) is 14.6 Å². The Bertz CT molecular complexity index is 1260. The second-order valence-electron chi connectivity index (χ2n) is 6.26.